The molecule has 0 aliphatic rings. The first kappa shape index (κ1) is 37.2. The molecule has 0 aliphatic heterocycles. The SMILES string of the molecule is C[CH]=[Zr+2].Cc1c[cH-]c2ccccc12.Cc1c[cH-]c2ccccc12.Oc1ccc(C(F)(F)F)cc1.Oc1ccc(C(F)(F)F)cc1. The van der Waals surface area contributed by atoms with Crippen LogP contribution in [-0.2, 0) is 36.6 Å². The zero-order valence-corrected chi connectivity index (χ0v) is 27.2. The van der Waals surface area contributed by atoms with Crippen LogP contribution < -0.4 is 0 Å². The van der Waals surface area contributed by atoms with E-state index in [-0.39, 0.29) is 11.5 Å². The van der Waals surface area contributed by atoms with Gasteiger partial charge < -0.3 is 10.2 Å². The Morgan fingerprint density at radius 3 is 1.11 bits per heavy atom. The smallest absolute Gasteiger partial charge is 0.416 e. The second kappa shape index (κ2) is 17.5. The summed E-state index contributed by atoms with van der Waals surface area (Å²) < 4.78 is 73.1. The molecule has 0 amide bonds. The molecule has 0 aliphatic carbocycles. The molecule has 2 N–H and O–H groups in total. The van der Waals surface area contributed by atoms with E-state index >= 15 is 0 Å². The van der Waals surface area contributed by atoms with Crippen molar-refractivity contribution in [1.29, 1.82) is 0 Å². The van der Waals surface area contributed by atoms with Crippen molar-refractivity contribution in [2.45, 2.75) is 33.1 Å². The number of rotatable bonds is 0. The van der Waals surface area contributed by atoms with E-state index < -0.39 is 23.5 Å². The van der Waals surface area contributed by atoms with Gasteiger partial charge in [0.05, 0.1) is 11.1 Å². The van der Waals surface area contributed by atoms with Crippen molar-refractivity contribution in [3.63, 3.8) is 0 Å². The van der Waals surface area contributed by atoms with E-state index in [1.807, 2.05) is 6.92 Å². The molecule has 0 saturated heterocycles. The number of hydrogen-bond donors (Lipinski definition) is 2. The first-order valence-electron chi connectivity index (χ1n) is 13.6. The van der Waals surface area contributed by atoms with Crippen molar-refractivity contribution in [3.05, 3.63) is 144 Å². The maximum absolute atomic E-state index is 11.8. The predicted octanol–water partition coefficient (Wildman–Crippen LogP) is 10.9. The molecule has 0 atom stereocenters. The Balaban J connectivity index is 0.000000203. The van der Waals surface area contributed by atoms with Crippen molar-refractivity contribution in [2.24, 2.45) is 0 Å². The summed E-state index contributed by atoms with van der Waals surface area (Å²) in [5.41, 5.74) is 1.23. The van der Waals surface area contributed by atoms with Crippen LogP contribution in [0.25, 0.3) is 21.5 Å². The van der Waals surface area contributed by atoms with E-state index in [0.29, 0.717) is 0 Å². The van der Waals surface area contributed by atoms with Crippen molar-refractivity contribution in [3.8, 4) is 11.5 Å². The quantitative estimate of drug-likeness (QED) is 0.122. The molecular weight excluding hydrogens is 670 g/mol. The van der Waals surface area contributed by atoms with Gasteiger partial charge in [0.25, 0.3) is 0 Å². The number of alkyl halides is 6. The molecule has 0 aromatic heterocycles. The van der Waals surface area contributed by atoms with Gasteiger partial charge in [-0.1, -0.05) is 26.0 Å². The van der Waals surface area contributed by atoms with Crippen LogP contribution in [0, 0.1) is 13.8 Å². The van der Waals surface area contributed by atoms with Gasteiger partial charge >= 0.3 is 47.2 Å². The minimum Gasteiger partial charge on any atom is -0.508 e. The maximum Gasteiger partial charge on any atom is 0.416 e. The number of fused-ring (bicyclic) bond motifs is 2. The zero-order valence-electron chi connectivity index (χ0n) is 24.8. The molecule has 6 aromatic rings. The second-order valence-electron chi connectivity index (χ2n) is 9.59. The Kier molecular flexibility index (Phi) is 14.5. The fourth-order valence-corrected chi connectivity index (χ4v) is 3.91. The number of aryl methyl sites for hydroxylation is 2. The minimum atomic E-state index is -4.33. The molecule has 0 radical (unpaired) electrons. The number of phenols is 2. The fourth-order valence-electron chi connectivity index (χ4n) is 3.91. The second-order valence-corrected chi connectivity index (χ2v) is 11.0. The molecule has 234 valence electrons. The Bertz CT molecular complexity index is 1600. The summed E-state index contributed by atoms with van der Waals surface area (Å²) >= 11 is 1.51. The van der Waals surface area contributed by atoms with Crippen molar-refractivity contribution in [1.82, 2.24) is 0 Å². The van der Waals surface area contributed by atoms with Gasteiger partial charge in [0.15, 0.2) is 0 Å². The number of phenolic OH excluding ortho intramolecular Hbond substituents is 2. The van der Waals surface area contributed by atoms with E-state index in [2.05, 4.69) is 90.4 Å². The first-order chi connectivity index (χ1) is 21.2. The average molecular weight is 702 g/mol. The Morgan fingerprint density at radius 1 is 0.556 bits per heavy atom. The van der Waals surface area contributed by atoms with Crippen LogP contribution in [0.5, 0.6) is 11.5 Å². The monoisotopic (exact) mass is 700 g/mol. The molecule has 6 rings (SSSR count). The molecule has 45 heavy (non-hydrogen) atoms. The summed E-state index contributed by atoms with van der Waals surface area (Å²) in [6.45, 7) is 6.32. The van der Waals surface area contributed by atoms with Gasteiger partial charge in [0, 0.05) is 0 Å². The maximum atomic E-state index is 11.8. The van der Waals surface area contributed by atoms with Crippen molar-refractivity contribution >= 4 is 25.3 Å². The first-order valence-corrected chi connectivity index (χ1v) is 15.0. The molecule has 9 heteroatoms. The van der Waals surface area contributed by atoms with Gasteiger partial charge in [-0.3, -0.25) is 0 Å². The molecule has 0 fully saturated rings. The minimum absolute atomic E-state index is 0.169. The summed E-state index contributed by atoms with van der Waals surface area (Å²) in [7, 11) is 0. The van der Waals surface area contributed by atoms with Gasteiger partial charge in [-0.25, -0.2) is 0 Å². The van der Waals surface area contributed by atoms with Crippen LogP contribution in [0.1, 0.15) is 29.2 Å². The van der Waals surface area contributed by atoms with E-state index in [1.165, 1.54) is 56.9 Å². The number of aromatic hydroxyl groups is 2. The van der Waals surface area contributed by atoms with Gasteiger partial charge in [-0.05, 0) is 48.5 Å². The van der Waals surface area contributed by atoms with Gasteiger partial charge in [0.1, 0.15) is 11.5 Å². The van der Waals surface area contributed by atoms with Gasteiger partial charge in [-0.2, -0.15) is 49.6 Å². The number of halogens is 6. The Morgan fingerprint density at radius 2 is 0.844 bits per heavy atom. The van der Waals surface area contributed by atoms with Crippen LogP contribution in [-0.4, -0.2) is 13.9 Å². The standard InChI is InChI=1S/2C10H9.2C7H5F3O.C2H4.Zr/c2*1-8-6-7-9-4-2-3-5-10(8)9;2*8-7(9,10)5-1-3-6(11)4-2-5;1-2;/h2*2-7H,1H3;2*1-4,11H;1H,2H3;/q2*-1;;;;+2. The Hall–Kier alpha value is -3.97. The van der Waals surface area contributed by atoms with Crippen LogP contribution in [0.15, 0.2) is 121 Å². The number of benzene rings is 4. The average Bonchev–Trinajstić information content (AvgIpc) is 3.56. The summed E-state index contributed by atoms with van der Waals surface area (Å²) in [4.78, 5) is 0. The van der Waals surface area contributed by atoms with E-state index in [0.717, 1.165) is 48.5 Å². The van der Waals surface area contributed by atoms with Crippen LogP contribution in [0.2, 0.25) is 0 Å². The predicted molar refractivity (Wildman–Crippen MR) is 167 cm³/mol. The molecule has 0 heterocycles. The molecule has 0 bridgehead atoms. The molecule has 0 saturated carbocycles. The van der Waals surface area contributed by atoms with Crippen molar-refractivity contribution in [2.75, 3.05) is 0 Å². The van der Waals surface area contributed by atoms with E-state index in [1.54, 1.807) is 0 Å². The fraction of sp³-hybridized carbons (Fsp3) is 0.139. The van der Waals surface area contributed by atoms with Crippen LogP contribution in [0.3, 0.4) is 0 Å². The summed E-state index contributed by atoms with van der Waals surface area (Å²) in [5, 5.41) is 22.8. The summed E-state index contributed by atoms with van der Waals surface area (Å²) in [6, 6.07) is 32.9. The third-order valence-corrected chi connectivity index (χ3v) is 6.19. The topological polar surface area (TPSA) is 40.5 Å². The molecule has 0 spiro atoms. The van der Waals surface area contributed by atoms with Crippen LogP contribution in [0.4, 0.5) is 26.3 Å². The molecule has 6 aromatic carbocycles. The van der Waals surface area contributed by atoms with Gasteiger partial charge in [-0.15, -0.1) is 70.1 Å². The molecule has 0 unspecified atom stereocenters. The normalized spacial score (nSPS) is 10.6. The molecular formula is C36H32F6O2Zr. The summed E-state index contributed by atoms with van der Waals surface area (Å²) in [5.74, 6) is -0.337. The van der Waals surface area contributed by atoms with Gasteiger partial charge in [0.2, 0.25) is 0 Å². The van der Waals surface area contributed by atoms with Crippen LogP contribution >= 0.6 is 0 Å². The largest absolute Gasteiger partial charge is 0.508 e. The summed E-state index contributed by atoms with van der Waals surface area (Å²) in [6.07, 6.45) is -8.65. The van der Waals surface area contributed by atoms with Crippen molar-refractivity contribution < 1.29 is 60.8 Å². The van der Waals surface area contributed by atoms with E-state index in [9.17, 15) is 26.3 Å². The zero-order chi connectivity index (χ0) is 33.6. The third-order valence-electron chi connectivity index (χ3n) is 6.19. The number of hydrogen-bond acceptors (Lipinski definition) is 2. The Labute approximate surface area is 273 Å². The molecule has 2 nitrogen and oxygen atoms in total. The third kappa shape index (κ3) is 12.5. The van der Waals surface area contributed by atoms with E-state index in [4.69, 9.17) is 10.2 Å².